The van der Waals surface area contributed by atoms with Crippen molar-refractivity contribution < 1.29 is 14.3 Å². The SMILES string of the molecule is CC(C)(C)OC(=O)N1CCCC[C@H]1COc1cc(Cl)ncn1. The molecule has 0 saturated carbocycles. The first-order valence-corrected chi connectivity index (χ1v) is 7.83. The van der Waals surface area contributed by atoms with Crippen molar-refractivity contribution in [2.24, 2.45) is 0 Å². The van der Waals surface area contributed by atoms with Gasteiger partial charge in [-0.15, -0.1) is 0 Å². The van der Waals surface area contributed by atoms with Crippen molar-refractivity contribution >= 4 is 17.7 Å². The minimum atomic E-state index is -0.500. The van der Waals surface area contributed by atoms with E-state index in [0.717, 1.165) is 19.3 Å². The number of nitrogens with zero attached hydrogens (tertiary/aromatic N) is 3. The molecule has 0 N–H and O–H groups in total. The van der Waals surface area contributed by atoms with Crippen LogP contribution in [0.4, 0.5) is 4.79 Å². The number of ether oxygens (including phenoxy) is 2. The molecule has 1 amide bonds. The zero-order chi connectivity index (χ0) is 16.2. The van der Waals surface area contributed by atoms with E-state index in [-0.39, 0.29) is 12.1 Å². The van der Waals surface area contributed by atoms with Gasteiger partial charge in [0.15, 0.2) is 0 Å². The van der Waals surface area contributed by atoms with Gasteiger partial charge < -0.3 is 14.4 Å². The Kier molecular flexibility index (Phi) is 5.45. The Labute approximate surface area is 135 Å². The Morgan fingerprint density at radius 2 is 2.18 bits per heavy atom. The molecule has 0 bridgehead atoms. The van der Waals surface area contributed by atoms with E-state index in [1.165, 1.54) is 6.33 Å². The largest absolute Gasteiger partial charge is 0.475 e. The molecule has 0 aromatic carbocycles. The fourth-order valence-corrected chi connectivity index (χ4v) is 2.45. The topological polar surface area (TPSA) is 64.5 Å². The molecule has 0 unspecified atom stereocenters. The number of likely N-dealkylation sites (tertiary alicyclic amines) is 1. The van der Waals surface area contributed by atoms with Crippen LogP contribution in [-0.2, 0) is 4.74 Å². The molecule has 1 fully saturated rings. The van der Waals surface area contributed by atoms with Gasteiger partial charge in [-0.2, -0.15) is 0 Å². The van der Waals surface area contributed by atoms with Crippen LogP contribution in [0, 0.1) is 0 Å². The molecule has 1 aliphatic heterocycles. The lowest BCUT2D eigenvalue weighted by Gasteiger charge is -2.36. The van der Waals surface area contributed by atoms with Gasteiger partial charge in [-0.25, -0.2) is 14.8 Å². The van der Waals surface area contributed by atoms with E-state index in [2.05, 4.69) is 9.97 Å². The first-order valence-electron chi connectivity index (χ1n) is 7.45. The van der Waals surface area contributed by atoms with Gasteiger partial charge in [0, 0.05) is 12.6 Å². The normalized spacial score (nSPS) is 18.9. The lowest BCUT2D eigenvalue weighted by Crippen LogP contribution is -2.48. The Morgan fingerprint density at radius 1 is 1.41 bits per heavy atom. The van der Waals surface area contributed by atoms with Gasteiger partial charge in [0.05, 0.1) is 6.04 Å². The summed E-state index contributed by atoms with van der Waals surface area (Å²) in [6.45, 7) is 6.65. The van der Waals surface area contributed by atoms with Crippen molar-refractivity contribution in [3.8, 4) is 5.88 Å². The summed E-state index contributed by atoms with van der Waals surface area (Å²) in [5.41, 5.74) is -0.500. The zero-order valence-electron chi connectivity index (χ0n) is 13.2. The van der Waals surface area contributed by atoms with E-state index < -0.39 is 5.60 Å². The minimum absolute atomic E-state index is 0.0164. The molecule has 22 heavy (non-hydrogen) atoms. The van der Waals surface area contributed by atoms with E-state index in [1.54, 1.807) is 11.0 Å². The van der Waals surface area contributed by atoms with Crippen LogP contribution in [0.3, 0.4) is 0 Å². The van der Waals surface area contributed by atoms with Gasteiger partial charge in [0.25, 0.3) is 0 Å². The first-order chi connectivity index (χ1) is 10.3. The van der Waals surface area contributed by atoms with Crippen molar-refractivity contribution in [1.82, 2.24) is 14.9 Å². The highest BCUT2D eigenvalue weighted by molar-refractivity contribution is 6.29. The summed E-state index contributed by atoms with van der Waals surface area (Å²) in [4.78, 5) is 21.8. The Hall–Kier alpha value is -1.56. The van der Waals surface area contributed by atoms with Gasteiger partial charge in [0.2, 0.25) is 5.88 Å². The maximum atomic E-state index is 12.3. The lowest BCUT2D eigenvalue weighted by molar-refractivity contribution is 0.00334. The second-order valence-corrected chi connectivity index (χ2v) is 6.70. The van der Waals surface area contributed by atoms with Crippen LogP contribution in [0.15, 0.2) is 12.4 Å². The van der Waals surface area contributed by atoms with Gasteiger partial charge >= 0.3 is 6.09 Å². The minimum Gasteiger partial charge on any atom is -0.475 e. The summed E-state index contributed by atoms with van der Waals surface area (Å²) < 4.78 is 11.1. The molecule has 1 aliphatic rings. The second-order valence-electron chi connectivity index (χ2n) is 6.31. The average Bonchev–Trinajstić information content (AvgIpc) is 2.44. The molecule has 122 valence electrons. The van der Waals surface area contributed by atoms with Crippen LogP contribution >= 0.6 is 11.6 Å². The third-order valence-corrected chi connectivity index (χ3v) is 3.49. The highest BCUT2D eigenvalue weighted by atomic mass is 35.5. The molecular formula is C15H22ClN3O3. The first kappa shape index (κ1) is 16.8. The fraction of sp³-hybridized carbons (Fsp3) is 0.667. The molecule has 2 rings (SSSR count). The predicted octanol–water partition coefficient (Wildman–Crippen LogP) is 3.30. The Morgan fingerprint density at radius 3 is 2.86 bits per heavy atom. The Bertz CT molecular complexity index is 519. The van der Waals surface area contributed by atoms with Crippen molar-refractivity contribution in [2.45, 2.75) is 51.7 Å². The van der Waals surface area contributed by atoms with Crippen molar-refractivity contribution in [2.75, 3.05) is 13.2 Å². The van der Waals surface area contributed by atoms with Crippen molar-refractivity contribution in [3.63, 3.8) is 0 Å². The van der Waals surface area contributed by atoms with Crippen LogP contribution in [0.1, 0.15) is 40.0 Å². The molecule has 6 nitrogen and oxygen atoms in total. The monoisotopic (exact) mass is 327 g/mol. The third-order valence-electron chi connectivity index (χ3n) is 3.29. The standard InChI is InChI=1S/C15H22ClN3O3/c1-15(2,3)22-14(20)19-7-5-4-6-11(19)9-21-13-8-12(16)17-10-18-13/h8,10-11H,4-7,9H2,1-3H3/t11-/m0/s1. The number of aromatic nitrogens is 2. The highest BCUT2D eigenvalue weighted by Gasteiger charge is 2.30. The number of piperidine rings is 1. The number of carbonyl (C=O) groups is 1. The van der Waals surface area contributed by atoms with Gasteiger partial charge in [-0.05, 0) is 40.0 Å². The number of amides is 1. The van der Waals surface area contributed by atoms with E-state index in [4.69, 9.17) is 21.1 Å². The second kappa shape index (κ2) is 7.13. The molecule has 7 heteroatoms. The van der Waals surface area contributed by atoms with E-state index in [9.17, 15) is 4.79 Å². The molecule has 0 spiro atoms. The van der Waals surface area contributed by atoms with Crippen LogP contribution in [-0.4, -0.2) is 45.8 Å². The number of hydrogen-bond donors (Lipinski definition) is 0. The van der Waals surface area contributed by atoms with E-state index in [1.807, 2.05) is 20.8 Å². The number of halogens is 1. The maximum Gasteiger partial charge on any atom is 0.410 e. The summed E-state index contributed by atoms with van der Waals surface area (Å²) in [6.07, 6.45) is 4.00. The summed E-state index contributed by atoms with van der Waals surface area (Å²) in [7, 11) is 0. The molecule has 0 aliphatic carbocycles. The number of hydrogen-bond acceptors (Lipinski definition) is 5. The van der Waals surface area contributed by atoms with Crippen molar-refractivity contribution in [3.05, 3.63) is 17.5 Å². The average molecular weight is 328 g/mol. The fourth-order valence-electron chi connectivity index (χ4n) is 2.31. The highest BCUT2D eigenvalue weighted by Crippen LogP contribution is 2.21. The summed E-state index contributed by atoms with van der Waals surface area (Å²) in [5.74, 6) is 0.412. The lowest BCUT2D eigenvalue weighted by atomic mass is 10.0. The van der Waals surface area contributed by atoms with Crippen LogP contribution in [0.25, 0.3) is 0 Å². The molecule has 1 atom stereocenters. The quantitative estimate of drug-likeness (QED) is 0.797. The predicted molar refractivity (Wildman–Crippen MR) is 83.1 cm³/mol. The van der Waals surface area contributed by atoms with E-state index >= 15 is 0 Å². The molecule has 1 aromatic heterocycles. The third kappa shape index (κ3) is 5.02. The number of carbonyl (C=O) groups excluding carboxylic acids is 1. The Balaban J connectivity index is 1.96. The molecule has 0 radical (unpaired) electrons. The summed E-state index contributed by atoms with van der Waals surface area (Å²) in [5, 5.41) is 0.331. The summed E-state index contributed by atoms with van der Waals surface area (Å²) >= 11 is 5.80. The maximum absolute atomic E-state index is 12.3. The van der Waals surface area contributed by atoms with Gasteiger partial charge in [-0.1, -0.05) is 11.6 Å². The van der Waals surface area contributed by atoms with E-state index in [0.29, 0.717) is 24.2 Å². The van der Waals surface area contributed by atoms with Gasteiger partial charge in [-0.3, -0.25) is 0 Å². The summed E-state index contributed by atoms with van der Waals surface area (Å²) in [6, 6.07) is 1.54. The molecule has 1 saturated heterocycles. The molecular weight excluding hydrogens is 306 g/mol. The number of rotatable bonds is 3. The van der Waals surface area contributed by atoms with Crippen molar-refractivity contribution in [1.29, 1.82) is 0 Å². The van der Waals surface area contributed by atoms with Crippen LogP contribution in [0.2, 0.25) is 5.15 Å². The van der Waals surface area contributed by atoms with Crippen LogP contribution < -0.4 is 4.74 Å². The van der Waals surface area contributed by atoms with Gasteiger partial charge in [0.1, 0.15) is 23.7 Å². The molecule has 2 heterocycles. The van der Waals surface area contributed by atoms with Crippen LogP contribution in [0.5, 0.6) is 5.88 Å². The smallest absolute Gasteiger partial charge is 0.410 e. The zero-order valence-corrected chi connectivity index (χ0v) is 14.0. The molecule has 1 aromatic rings.